The highest BCUT2D eigenvalue weighted by Crippen LogP contribution is 2.21. The molecule has 0 spiro atoms. The molecular weight excluding hydrogens is 395 g/mol. The van der Waals surface area contributed by atoms with Crippen LogP contribution in [-0.4, -0.2) is 18.4 Å². The lowest BCUT2D eigenvalue weighted by atomic mass is 10.0. The molecule has 2 amide bonds. The maximum Gasteiger partial charge on any atom is 0.223 e. The van der Waals surface area contributed by atoms with Crippen molar-refractivity contribution in [3.05, 3.63) is 102 Å². The van der Waals surface area contributed by atoms with Crippen LogP contribution in [0, 0.1) is 5.82 Å². The molecule has 31 heavy (non-hydrogen) atoms. The average Bonchev–Trinajstić information content (AvgIpc) is 2.78. The van der Waals surface area contributed by atoms with Crippen molar-refractivity contribution in [1.82, 2.24) is 10.6 Å². The number of ether oxygens (including phenoxy) is 1. The van der Waals surface area contributed by atoms with E-state index in [4.69, 9.17) is 4.74 Å². The summed E-state index contributed by atoms with van der Waals surface area (Å²) in [5.74, 6) is -0.814. The van der Waals surface area contributed by atoms with Gasteiger partial charge in [0.15, 0.2) is 11.6 Å². The fraction of sp³-hybridized carbons (Fsp3) is 0.200. The third-order valence-electron chi connectivity index (χ3n) is 4.75. The number of hydrogen-bond donors (Lipinski definition) is 2. The Hall–Kier alpha value is -3.67. The van der Waals surface area contributed by atoms with Gasteiger partial charge in [-0.3, -0.25) is 9.59 Å². The molecule has 160 valence electrons. The first-order valence-corrected chi connectivity index (χ1v) is 10.1. The molecule has 0 fully saturated rings. The molecule has 0 aromatic heterocycles. The van der Waals surface area contributed by atoms with Crippen LogP contribution in [0.1, 0.15) is 36.6 Å². The molecule has 2 atom stereocenters. The molecule has 0 aliphatic rings. The lowest BCUT2D eigenvalue weighted by Gasteiger charge is -2.23. The van der Waals surface area contributed by atoms with Crippen LogP contribution in [0.3, 0.4) is 0 Å². The normalized spacial score (nSPS) is 12.5. The van der Waals surface area contributed by atoms with Crippen LogP contribution in [0.2, 0.25) is 0 Å². The Balaban J connectivity index is 1.72. The first kappa shape index (κ1) is 22.0. The third kappa shape index (κ3) is 6.67. The van der Waals surface area contributed by atoms with E-state index in [1.165, 1.54) is 13.0 Å². The van der Waals surface area contributed by atoms with Crippen LogP contribution in [0.4, 0.5) is 4.39 Å². The van der Waals surface area contributed by atoms with E-state index >= 15 is 0 Å². The van der Waals surface area contributed by atoms with Gasteiger partial charge in [-0.15, -0.1) is 0 Å². The third-order valence-corrected chi connectivity index (χ3v) is 4.75. The van der Waals surface area contributed by atoms with Gasteiger partial charge in [-0.1, -0.05) is 72.8 Å². The molecule has 2 N–H and O–H groups in total. The standard InChI is InChI=1S/C25H25FN2O3/c1-18(29)27-22(19-10-4-2-5-11-19)16-25(30)28-23(20-12-6-3-7-13-20)17-31-24-15-9-8-14-21(24)26/h2-15,22-23H,16-17H2,1H3,(H,27,29)(H,28,30). The van der Waals surface area contributed by atoms with Crippen LogP contribution < -0.4 is 15.4 Å². The summed E-state index contributed by atoms with van der Waals surface area (Å²) >= 11 is 0. The van der Waals surface area contributed by atoms with E-state index in [0.29, 0.717) is 0 Å². The Morgan fingerprint density at radius 2 is 1.35 bits per heavy atom. The Morgan fingerprint density at radius 1 is 0.806 bits per heavy atom. The monoisotopic (exact) mass is 420 g/mol. The molecule has 0 aliphatic heterocycles. The Labute approximate surface area is 181 Å². The highest BCUT2D eigenvalue weighted by Gasteiger charge is 2.21. The van der Waals surface area contributed by atoms with E-state index in [0.717, 1.165) is 11.1 Å². The predicted molar refractivity (Wildman–Crippen MR) is 117 cm³/mol. The molecule has 6 heteroatoms. The van der Waals surface area contributed by atoms with Crippen molar-refractivity contribution < 1.29 is 18.7 Å². The number of amides is 2. The van der Waals surface area contributed by atoms with Crippen LogP contribution in [0.5, 0.6) is 5.75 Å². The number of carbonyl (C=O) groups excluding carboxylic acids is 2. The summed E-state index contributed by atoms with van der Waals surface area (Å²) in [7, 11) is 0. The summed E-state index contributed by atoms with van der Waals surface area (Å²) < 4.78 is 19.6. The summed E-state index contributed by atoms with van der Waals surface area (Å²) in [5.41, 5.74) is 1.68. The molecule has 5 nitrogen and oxygen atoms in total. The van der Waals surface area contributed by atoms with Gasteiger partial charge in [-0.2, -0.15) is 0 Å². The number of hydrogen-bond acceptors (Lipinski definition) is 3. The van der Waals surface area contributed by atoms with Crippen molar-refractivity contribution in [3.8, 4) is 5.75 Å². The van der Waals surface area contributed by atoms with E-state index in [2.05, 4.69) is 10.6 Å². The minimum absolute atomic E-state index is 0.0621. The molecule has 0 saturated heterocycles. The molecule has 0 bridgehead atoms. The number of para-hydroxylation sites is 1. The molecule has 2 unspecified atom stereocenters. The summed E-state index contributed by atoms with van der Waals surface area (Å²) in [6.45, 7) is 1.48. The maximum absolute atomic E-state index is 13.9. The minimum Gasteiger partial charge on any atom is -0.488 e. The van der Waals surface area contributed by atoms with Crippen LogP contribution in [0.25, 0.3) is 0 Å². The van der Waals surface area contributed by atoms with Crippen molar-refractivity contribution >= 4 is 11.8 Å². The summed E-state index contributed by atoms with van der Waals surface area (Å²) in [6, 6.07) is 23.9. The second-order valence-corrected chi connectivity index (χ2v) is 7.14. The number of benzene rings is 3. The largest absolute Gasteiger partial charge is 0.488 e. The predicted octanol–water partition coefficient (Wildman–Crippen LogP) is 4.33. The van der Waals surface area contributed by atoms with Crippen LogP contribution >= 0.6 is 0 Å². The Morgan fingerprint density at radius 3 is 1.94 bits per heavy atom. The summed E-state index contributed by atoms with van der Waals surface area (Å²) in [4.78, 5) is 24.5. The molecule has 0 heterocycles. The Bertz CT molecular complexity index is 996. The van der Waals surface area contributed by atoms with Crippen LogP contribution in [0.15, 0.2) is 84.9 Å². The SMILES string of the molecule is CC(=O)NC(CC(=O)NC(COc1ccccc1F)c1ccccc1)c1ccccc1. The smallest absolute Gasteiger partial charge is 0.223 e. The van der Waals surface area contributed by atoms with E-state index in [1.54, 1.807) is 18.2 Å². The number of rotatable bonds is 9. The molecular formula is C25H25FN2O3. The van der Waals surface area contributed by atoms with Crippen molar-refractivity contribution in [2.75, 3.05) is 6.61 Å². The number of halogens is 1. The first-order chi connectivity index (χ1) is 15.0. The topological polar surface area (TPSA) is 67.4 Å². The zero-order valence-corrected chi connectivity index (χ0v) is 17.3. The van der Waals surface area contributed by atoms with Gasteiger partial charge in [-0.05, 0) is 23.3 Å². The molecule has 3 aromatic rings. The van der Waals surface area contributed by atoms with Gasteiger partial charge in [0.1, 0.15) is 6.61 Å². The molecule has 3 rings (SSSR count). The average molecular weight is 420 g/mol. The summed E-state index contributed by atoms with van der Waals surface area (Å²) in [6.07, 6.45) is 0.0621. The van der Waals surface area contributed by atoms with Gasteiger partial charge in [-0.25, -0.2) is 4.39 Å². The van der Waals surface area contributed by atoms with E-state index in [-0.39, 0.29) is 30.6 Å². The van der Waals surface area contributed by atoms with Crippen molar-refractivity contribution in [1.29, 1.82) is 0 Å². The zero-order valence-electron chi connectivity index (χ0n) is 17.3. The lowest BCUT2D eigenvalue weighted by molar-refractivity contribution is -0.123. The quantitative estimate of drug-likeness (QED) is 0.542. The fourth-order valence-electron chi connectivity index (χ4n) is 3.26. The fourth-order valence-corrected chi connectivity index (χ4v) is 3.26. The van der Waals surface area contributed by atoms with E-state index in [9.17, 15) is 14.0 Å². The second-order valence-electron chi connectivity index (χ2n) is 7.14. The maximum atomic E-state index is 13.9. The van der Waals surface area contributed by atoms with Crippen molar-refractivity contribution in [2.45, 2.75) is 25.4 Å². The molecule has 0 saturated carbocycles. The van der Waals surface area contributed by atoms with Gasteiger partial charge in [0, 0.05) is 6.92 Å². The van der Waals surface area contributed by atoms with Crippen molar-refractivity contribution in [3.63, 3.8) is 0 Å². The number of nitrogens with one attached hydrogen (secondary N) is 2. The second kappa shape index (κ2) is 10.9. The Kier molecular flexibility index (Phi) is 7.76. The van der Waals surface area contributed by atoms with Crippen molar-refractivity contribution in [2.24, 2.45) is 0 Å². The van der Waals surface area contributed by atoms with Gasteiger partial charge < -0.3 is 15.4 Å². The van der Waals surface area contributed by atoms with Gasteiger partial charge in [0.05, 0.1) is 18.5 Å². The highest BCUT2D eigenvalue weighted by atomic mass is 19.1. The van der Waals surface area contributed by atoms with Gasteiger partial charge >= 0.3 is 0 Å². The first-order valence-electron chi connectivity index (χ1n) is 10.1. The van der Waals surface area contributed by atoms with Gasteiger partial charge in [0.2, 0.25) is 11.8 Å². The molecule has 3 aromatic carbocycles. The van der Waals surface area contributed by atoms with E-state index < -0.39 is 17.9 Å². The molecule has 0 radical (unpaired) electrons. The number of carbonyl (C=O) groups is 2. The van der Waals surface area contributed by atoms with E-state index in [1.807, 2.05) is 60.7 Å². The summed E-state index contributed by atoms with van der Waals surface area (Å²) in [5, 5.41) is 5.78. The van der Waals surface area contributed by atoms with Crippen LogP contribution in [-0.2, 0) is 9.59 Å². The minimum atomic E-state index is -0.484. The lowest BCUT2D eigenvalue weighted by Crippen LogP contribution is -2.36. The zero-order chi connectivity index (χ0) is 22.1. The molecule has 0 aliphatic carbocycles. The van der Waals surface area contributed by atoms with Gasteiger partial charge in [0.25, 0.3) is 0 Å². The highest BCUT2D eigenvalue weighted by molar-refractivity contribution is 5.79.